The van der Waals surface area contributed by atoms with Gasteiger partial charge in [0.1, 0.15) is 6.04 Å². The highest BCUT2D eigenvalue weighted by Gasteiger charge is 2.25. The SMILES string of the molecule is CCn1cc2ccc(NC(=O)[C@H](NC(=O)c3cccc(C)c3)C(C)C)cc2n1. The zero-order valence-electron chi connectivity index (χ0n) is 16.7. The first-order valence-corrected chi connectivity index (χ1v) is 9.53. The zero-order chi connectivity index (χ0) is 20.3. The molecule has 0 aliphatic rings. The standard InChI is InChI=1S/C22H26N4O2/c1-5-26-13-17-9-10-18(12-19(17)25-26)23-22(28)20(14(2)3)24-21(27)16-8-6-7-15(4)11-16/h6-14,20H,5H2,1-4H3,(H,23,28)(H,24,27)/t20-/m1/s1. The van der Waals surface area contributed by atoms with Crippen LogP contribution in [0, 0.1) is 12.8 Å². The monoisotopic (exact) mass is 378 g/mol. The van der Waals surface area contributed by atoms with Crippen molar-refractivity contribution in [2.45, 2.75) is 40.3 Å². The molecule has 1 aromatic heterocycles. The summed E-state index contributed by atoms with van der Waals surface area (Å²) in [5, 5.41) is 11.3. The third-order valence-corrected chi connectivity index (χ3v) is 4.66. The Kier molecular flexibility index (Phi) is 5.78. The lowest BCUT2D eigenvalue weighted by Gasteiger charge is -2.22. The lowest BCUT2D eigenvalue weighted by molar-refractivity contribution is -0.118. The number of fused-ring (bicyclic) bond motifs is 1. The van der Waals surface area contributed by atoms with Crippen LogP contribution < -0.4 is 10.6 Å². The Morgan fingerprint density at radius 2 is 1.93 bits per heavy atom. The summed E-state index contributed by atoms with van der Waals surface area (Å²) < 4.78 is 1.86. The molecule has 6 heteroatoms. The number of carbonyl (C=O) groups is 2. The Morgan fingerprint density at radius 1 is 1.14 bits per heavy atom. The van der Waals surface area contributed by atoms with Crippen LogP contribution in [0.25, 0.3) is 10.9 Å². The fraction of sp³-hybridized carbons (Fsp3) is 0.318. The Balaban J connectivity index is 1.75. The second-order valence-electron chi connectivity index (χ2n) is 7.31. The molecule has 3 rings (SSSR count). The van der Waals surface area contributed by atoms with E-state index in [0.29, 0.717) is 11.3 Å². The third-order valence-electron chi connectivity index (χ3n) is 4.66. The highest BCUT2D eigenvalue weighted by Crippen LogP contribution is 2.19. The van der Waals surface area contributed by atoms with Gasteiger partial charge in [0.05, 0.1) is 5.52 Å². The molecule has 0 aliphatic heterocycles. The maximum absolute atomic E-state index is 12.8. The van der Waals surface area contributed by atoms with Gasteiger partial charge >= 0.3 is 0 Å². The lowest BCUT2D eigenvalue weighted by Crippen LogP contribution is -2.47. The summed E-state index contributed by atoms with van der Waals surface area (Å²) in [5.74, 6) is -0.559. The summed E-state index contributed by atoms with van der Waals surface area (Å²) in [6.45, 7) is 8.56. The number of hydrogen-bond donors (Lipinski definition) is 2. The van der Waals surface area contributed by atoms with Gasteiger partial charge in [0.25, 0.3) is 5.91 Å². The number of benzene rings is 2. The largest absolute Gasteiger partial charge is 0.340 e. The molecule has 0 spiro atoms. The van der Waals surface area contributed by atoms with E-state index >= 15 is 0 Å². The molecule has 0 radical (unpaired) electrons. The average molecular weight is 378 g/mol. The van der Waals surface area contributed by atoms with Crippen molar-refractivity contribution < 1.29 is 9.59 Å². The summed E-state index contributed by atoms with van der Waals surface area (Å²) in [7, 11) is 0. The molecule has 2 aromatic carbocycles. The Bertz CT molecular complexity index is 1010. The van der Waals surface area contributed by atoms with Gasteiger partial charge in [0.15, 0.2) is 0 Å². The molecule has 146 valence electrons. The first kappa shape index (κ1) is 19.6. The molecule has 1 atom stereocenters. The third kappa shape index (κ3) is 4.39. The first-order chi connectivity index (χ1) is 13.4. The van der Waals surface area contributed by atoms with Crippen molar-refractivity contribution in [3.63, 3.8) is 0 Å². The van der Waals surface area contributed by atoms with E-state index in [4.69, 9.17) is 0 Å². The summed E-state index contributed by atoms with van der Waals surface area (Å²) in [6.07, 6.45) is 1.97. The predicted octanol–water partition coefficient (Wildman–Crippen LogP) is 3.76. The van der Waals surface area contributed by atoms with Crippen LogP contribution in [-0.2, 0) is 11.3 Å². The maximum atomic E-state index is 12.8. The van der Waals surface area contributed by atoms with E-state index in [2.05, 4.69) is 15.7 Å². The molecule has 0 unspecified atom stereocenters. The first-order valence-electron chi connectivity index (χ1n) is 9.53. The van der Waals surface area contributed by atoms with Gasteiger partial charge in [-0.25, -0.2) is 0 Å². The van der Waals surface area contributed by atoms with Gasteiger partial charge in [0.2, 0.25) is 5.91 Å². The Labute approximate surface area is 164 Å². The minimum atomic E-state index is -0.642. The lowest BCUT2D eigenvalue weighted by atomic mass is 10.0. The van der Waals surface area contributed by atoms with Crippen LogP contribution in [0.15, 0.2) is 48.7 Å². The Morgan fingerprint density at radius 3 is 2.61 bits per heavy atom. The number of nitrogens with zero attached hydrogens (tertiary/aromatic N) is 2. The Hall–Kier alpha value is -3.15. The number of amides is 2. The van der Waals surface area contributed by atoms with Crippen molar-refractivity contribution in [3.8, 4) is 0 Å². The van der Waals surface area contributed by atoms with Gasteiger partial charge in [-0.05, 0) is 50.1 Å². The van der Waals surface area contributed by atoms with E-state index < -0.39 is 6.04 Å². The van der Waals surface area contributed by atoms with E-state index in [1.807, 2.05) is 75.0 Å². The second kappa shape index (κ2) is 8.25. The van der Waals surface area contributed by atoms with Crippen LogP contribution in [0.4, 0.5) is 5.69 Å². The van der Waals surface area contributed by atoms with Gasteiger partial charge in [-0.15, -0.1) is 0 Å². The van der Waals surface area contributed by atoms with Crippen molar-refractivity contribution >= 4 is 28.4 Å². The molecule has 0 fully saturated rings. The molecular formula is C22H26N4O2. The van der Waals surface area contributed by atoms with Crippen molar-refractivity contribution in [2.24, 2.45) is 5.92 Å². The van der Waals surface area contributed by atoms with Crippen LogP contribution in [-0.4, -0.2) is 27.6 Å². The average Bonchev–Trinajstić information content (AvgIpc) is 3.08. The minimum absolute atomic E-state index is 0.0585. The van der Waals surface area contributed by atoms with Gasteiger partial charge in [-0.3, -0.25) is 14.3 Å². The van der Waals surface area contributed by atoms with E-state index in [9.17, 15) is 9.59 Å². The van der Waals surface area contributed by atoms with Gasteiger partial charge < -0.3 is 10.6 Å². The maximum Gasteiger partial charge on any atom is 0.251 e. The molecule has 3 aromatic rings. The molecule has 2 amide bonds. The van der Waals surface area contributed by atoms with Crippen molar-refractivity contribution in [1.82, 2.24) is 15.1 Å². The van der Waals surface area contributed by atoms with Crippen LogP contribution in [0.1, 0.15) is 36.7 Å². The molecular weight excluding hydrogens is 352 g/mol. The number of aryl methyl sites for hydroxylation is 2. The van der Waals surface area contributed by atoms with Crippen molar-refractivity contribution in [1.29, 1.82) is 0 Å². The van der Waals surface area contributed by atoms with Crippen LogP contribution in [0.2, 0.25) is 0 Å². The highest BCUT2D eigenvalue weighted by molar-refractivity contribution is 6.02. The molecule has 1 heterocycles. The van der Waals surface area contributed by atoms with Crippen LogP contribution in [0.3, 0.4) is 0 Å². The van der Waals surface area contributed by atoms with Gasteiger partial charge in [-0.2, -0.15) is 5.10 Å². The highest BCUT2D eigenvalue weighted by atomic mass is 16.2. The molecule has 0 saturated carbocycles. The number of rotatable bonds is 6. The van der Waals surface area contributed by atoms with Crippen LogP contribution in [0.5, 0.6) is 0 Å². The van der Waals surface area contributed by atoms with E-state index in [1.54, 1.807) is 6.07 Å². The smallest absolute Gasteiger partial charge is 0.251 e. The summed E-state index contributed by atoms with van der Waals surface area (Å²) >= 11 is 0. The number of carbonyl (C=O) groups excluding carboxylic acids is 2. The molecule has 28 heavy (non-hydrogen) atoms. The van der Waals surface area contributed by atoms with E-state index in [1.165, 1.54) is 0 Å². The number of aromatic nitrogens is 2. The molecule has 0 bridgehead atoms. The van der Waals surface area contributed by atoms with Crippen LogP contribution >= 0.6 is 0 Å². The number of anilines is 1. The second-order valence-corrected chi connectivity index (χ2v) is 7.31. The summed E-state index contributed by atoms with van der Waals surface area (Å²) in [5.41, 5.74) is 3.03. The fourth-order valence-electron chi connectivity index (χ4n) is 3.07. The normalized spacial score (nSPS) is 12.2. The molecule has 6 nitrogen and oxygen atoms in total. The molecule has 0 saturated heterocycles. The number of hydrogen-bond acceptors (Lipinski definition) is 3. The predicted molar refractivity (Wildman–Crippen MR) is 111 cm³/mol. The number of nitrogens with one attached hydrogen (secondary N) is 2. The molecule has 0 aliphatic carbocycles. The van der Waals surface area contributed by atoms with E-state index in [0.717, 1.165) is 23.0 Å². The van der Waals surface area contributed by atoms with Crippen molar-refractivity contribution in [3.05, 3.63) is 59.8 Å². The van der Waals surface area contributed by atoms with Crippen molar-refractivity contribution in [2.75, 3.05) is 5.32 Å². The van der Waals surface area contributed by atoms with Gasteiger partial charge in [0, 0.05) is 29.4 Å². The zero-order valence-corrected chi connectivity index (χ0v) is 16.7. The quantitative estimate of drug-likeness (QED) is 0.686. The summed E-state index contributed by atoms with van der Waals surface area (Å²) in [6, 6.07) is 12.3. The fourth-order valence-corrected chi connectivity index (χ4v) is 3.07. The topological polar surface area (TPSA) is 76.0 Å². The minimum Gasteiger partial charge on any atom is -0.340 e. The summed E-state index contributed by atoms with van der Waals surface area (Å²) in [4.78, 5) is 25.4. The van der Waals surface area contributed by atoms with E-state index in [-0.39, 0.29) is 17.7 Å². The molecule has 2 N–H and O–H groups in total. The van der Waals surface area contributed by atoms with Gasteiger partial charge in [-0.1, -0.05) is 31.5 Å².